The molecule has 1 heterocycles. The van der Waals surface area contributed by atoms with E-state index >= 15 is 0 Å². The first-order chi connectivity index (χ1) is 8.90. The second kappa shape index (κ2) is 5.53. The van der Waals surface area contributed by atoms with E-state index in [1.165, 1.54) is 11.3 Å². The Hall–Kier alpha value is -1.03. The van der Waals surface area contributed by atoms with Crippen molar-refractivity contribution >= 4 is 43.0 Å². The zero-order chi connectivity index (χ0) is 14.0. The summed E-state index contributed by atoms with van der Waals surface area (Å²) >= 11 is 4.34. The number of halogens is 2. The predicted octanol–water partition coefficient (Wildman–Crippen LogP) is 2.11. The SMILES string of the molecule is Nc1cc(S(=O)(=O)NCc2cncs2)c(F)cc1Br. The molecule has 0 saturated carbocycles. The van der Waals surface area contributed by atoms with Crippen molar-refractivity contribution in [2.24, 2.45) is 0 Å². The fourth-order valence-electron chi connectivity index (χ4n) is 1.32. The Labute approximate surface area is 121 Å². The van der Waals surface area contributed by atoms with Gasteiger partial charge < -0.3 is 5.73 Å². The van der Waals surface area contributed by atoms with E-state index in [1.807, 2.05) is 0 Å². The third-order valence-corrected chi connectivity index (χ3v) is 5.14. The first kappa shape index (κ1) is 14.4. The molecule has 0 aliphatic heterocycles. The van der Waals surface area contributed by atoms with E-state index in [9.17, 15) is 12.8 Å². The number of nitrogens with two attached hydrogens (primary N) is 1. The van der Waals surface area contributed by atoms with Gasteiger partial charge in [-0.1, -0.05) is 0 Å². The largest absolute Gasteiger partial charge is 0.398 e. The number of thiazole rings is 1. The Balaban J connectivity index is 2.27. The summed E-state index contributed by atoms with van der Waals surface area (Å²) < 4.78 is 40.2. The number of hydrogen-bond acceptors (Lipinski definition) is 5. The van der Waals surface area contributed by atoms with Crippen LogP contribution in [0.2, 0.25) is 0 Å². The maximum Gasteiger partial charge on any atom is 0.243 e. The van der Waals surface area contributed by atoms with Crippen LogP contribution in [0.1, 0.15) is 4.88 Å². The highest BCUT2D eigenvalue weighted by molar-refractivity contribution is 9.10. The molecule has 0 aliphatic rings. The predicted molar refractivity (Wildman–Crippen MR) is 74.7 cm³/mol. The van der Waals surface area contributed by atoms with Crippen LogP contribution in [0.15, 0.2) is 33.2 Å². The monoisotopic (exact) mass is 365 g/mol. The van der Waals surface area contributed by atoms with Crippen molar-refractivity contribution in [3.63, 3.8) is 0 Å². The summed E-state index contributed by atoms with van der Waals surface area (Å²) in [7, 11) is -3.95. The number of aromatic nitrogens is 1. The Morgan fingerprint density at radius 1 is 1.47 bits per heavy atom. The molecule has 9 heteroatoms. The van der Waals surface area contributed by atoms with E-state index in [4.69, 9.17) is 5.73 Å². The van der Waals surface area contributed by atoms with E-state index in [0.29, 0.717) is 4.47 Å². The number of nitrogens with one attached hydrogen (secondary N) is 1. The summed E-state index contributed by atoms with van der Waals surface area (Å²) in [6.45, 7) is 0.0579. The number of hydrogen-bond donors (Lipinski definition) is 2. The molecule has 1 aromatic carbocycles. The van der Waals surface area contributed by atoms with Crippen LogP contribution >= 0.6 is 27.3 Å². The molecule has 0 saturated heterocycles. The first-order valence-electron chi connectivity index (χ1n) is 5.01. The van der Waals surface area contributed by atoms with Crippen molar-refractivity contribution in [2.75, 3.05) is 5.73 Å². The standard InChI is InChI=1S/C10H9BrFN3O2S2/c11-7-1-8(12)10(2-9(7)13)19(16,17)15-4-6-3-14-5-18-6/h1-3,5,15H,4,13H2. The Morgan fingerprint density at radius 2 is 2.21 bits per heavy atom. The van der Waals surface area contributed by atoms with Crippen molar-refractivity contribution in [3.8, 4) is 0 Å². The maximum absolute atomic E-state index is 13.7. The van der Waals surface area contributed by atoms with E-state index in [1.54, 1.807) is 11.7 Å². The molecule has 19 heavy (non-hydrogen) atoms. The molecule has 0 aliphatic carbocycles. The summed E-state index contributed by atoms with van der Waals surface area (Å²) in [5.41, 5.74) is 7.30. The average molecular weight is 366 g/mol. The van der Waals surface area contributed by atoms with Crippen LogP contribution in [-0.4, -0.2) is 13.4 Å². The molecule has 0 atom stereocenters. The van der Waals surface area contributed by atoms with Crippen LogP contribution in [0.5, 0.6) is 0 Å². The highest BCUT2D eigenvalue weighted by Crippen LogP contribution is 2.26. The normalized spacial score (nSPS) is 11.7. The number of nitrogen functional groups attached to an aromatic ring is 1. The number of benzene rings is 1. The minimum absolute atomic E-state index is 0.0579. The molecule has 1 aromatic heterocycles. The van der Waals surface area contributed by atoms with Gasteiger partial charge in [0.05, 0.1) is 5.51 Å². The molecule has 0 radical (unpaired) electrons. The van der Waals surface area contributed by atoms with Gasteiger partial charge in [0.25, 0.3) is 0 Å². The molecule has 0 amide bonds. The summed E-state index contributed by atoms with van der Waals surface area (Å²) in [4.78, 5) is 4.08. The molecular weight excluding hydrogens is 357 g/mol. The number of anilines is 1. The van der Waals surface area contributed by atoms with E-state index in [-0.39, 0.29) is 12.2 Å². The van der Waals surface area contributed by atoms with E-state index in [2.05, 4.69) is 25.6 Å². The average Bonchev–Trinajstić information content (AvgIpc) is 2.84. The molecule has 0 bridgehead atoms. The number of rotatable bonds is 4. The zero-order valence-electron chi connectivity index (χ0n) is 9.43. The summed E-state index contributed by atoms with van der Waals surface area (Å²) in [6, 6.07) is 2.10. The van der Waals surface area contributed by atoms with Gasteiger partial charge in [0.1, 0.15) is 10.7 Å². The Bertz CT molecular complexity index is 689. The Morgan fingerprint density at radius 3 is 2.84 bits per heavy atom. The van der Waals surface area contributed by atoms with Crippen molar-refractivity contribution in [1.82, 2.24) is 9.71 Å². The first-order valence-corrected chi connectivity index (χ1v) is 8.17. The molecular formula is C10H9BrFN3O2S2. The van der Waals surface area contributed by atoms with Crippen molar-refractivity contribution < 1.29 is 12.8 Å². The maximum atomic E-state index is 13.7. The van der Waals surface area contributed by atoms with E-state index < -0.39 is 20.7 Å². The second-order valence-corrected chi connectivity index (χ2v) is 7.16. The molecule has 3 N–H and O–H groups in total. The molecule has 0 unspecified atom stereocenters. The van der Waals surface area contributed by atoms with Crippen molar-refractivity contribution in [3.05, 3.63) is 39.0 Å². The van der Waals surface area contributed by atoms with E-state index in [0.717, 1.165) is 17.0 Å². The van der Waals surface area contributed by atoms with Crippen LogP contribution in [0.25, 0.3) is 0 Å². The summed E-state index contributed by atoms with van der Waals surface area (Å²) in [5.74, 6) is -0.863. The van der Waals surface area contributed by atoms with Crippen LogP contribution in [0, 0.1) is 5.82 Å². The van der Waals surface area contributed by atoms with Gasteiger partial charge in [-0.05, 0) is 28.1 Å². The molecule has 0 spiro atoms. The van der Waals surface area contributed by atoms with Gasteiger partial charge in [-0.25, -0.2) is 17.5 Å². The fourth-order valence-corrected chi connectivity index (χ4v) is 3.36. The fraction of sp³-hybridized carbons (Fsp3) is 0.100. The number of nitrogens with zero attached hydrogens (tertiary/aromatic N) is 1. The molecule has 2 aromatic rings. The van der Waals surface area contributed by atoms with Gasteiger partial charge in [0.2, 0.25) is 10.0 Å². The van der Waals surface area contributed by atoms with Gasteiger partial charge in [-0.3, -0.25) is 4.98 Å². The van der Waals surface area contributed by atoms with Gasteiger partial charge >= 0.3 is 0 Å². The van der Waals surface area contributed by atoms with Gasteiger partial charge in [-0.15, -0.1) is 11.3 Å². The summed E-state index contributed by atoms with van der Waals surface area (Å²) in [6.07, 6.45) is 1.54. The lowest BCUT2D eigenvalue weighted by atomic mass is 10.3. The van der Waals surface area contributed by atoms with Crippen LogP contribution in [0.3, 0.4) is 0 Å². The van der Waals surface area contributed by atoms with Crippen LogP contribution < -0.4 is 10.5 Å². The lowest BCUT2D eigenvalue weighted by Gasteiger charge is -2.08. The highest BCUT2D eigenvalue weighted by atomic mass is 79.9. The second-order valence-electron chi connectivity index (χ2n) is 3.60. The smallest absolute Gasteiger partial charge is 0.243 e. The van der Waals surface area contributed by atoms with Crippen molar-refractivity contribution in [2.45, 2.75) is 11.4 Å². The van der Waals surface area contributed by atoms with Crippen LogP contribution in [0.4, 0.5) is 10.1 Å². The van der Waals surface area contributed by atoms with Gasteiger partial charge in [0.15, 0.2) is 0 Å². The third-order valence-electron chi connectivity index (χ3n) is 2.26. The highest BCUT2D eigenvalue weighted by Gasteiger charge is 2.20. The summed E-state index contributed by atoms with van der Waals surface area (Å²) in [5, 5.41) is 0. The lowest BCUT2D eigenvalue weighted by molar-refractivity contribution is 0.557. The topological polar surface area (TPSA) is 85.1 Å². The Kier molecular flexibility index (Phi) is 4.19. The molecule has 0 fully saturated rings. The number of sulfonamides is 1. The van der Waals surface area contributed by atoms with Gasteiger partial charge in [-0.2, -0.15) is 0 Å². The molecule has 5 nitrogen and oxygen atoms in total. The minimum Gasteiger partial charge on any atom is -0.398 e. The van der Waals surface area contributed by atoms with Gasteiger partial charge in [0, 0.05) is 27.8 Å². The lowest BCUT2D eigenvalue weighted by Crippen LogP contribution is -2.24. The zero-order valence-corrected chi connectivity index (χ0v) is 12.6. The molecule has 2 rings (SSSR count). The quantitative estimate of drug-likeness (QED) is 0.812. The van der Waals surface area contributed by atoms with Crippen molar-refractivity contribution in [1.29, 1.82) is 0 Å². The molecule has 102 valence electrons. The van der Waals surface area contributed by atoms with Crippen LogP contribution in [-0.2, 0) is 16.6 Å². The third kappa shape index (κ3) is 3.30. The minimum atomic E-state index is -3.95.